The maximum atomic E-state index is 5.82. The van der Waals surface area contributed by atoms with Crippen LogP contribution in [0.15, 0.2) is 79.3 Å². The summed E-state index contributed by atoms with van der Waals surface area (Å²) < 4.78 is 2.33. The fraction of sp³-hybridized carbons (Fsp3) is 0.136. The predicted octanol–water partition coefficient (Wildman–Crippen LogP) is 4.25. The summed E-state index contributed by atoms with van der Waals surface area (Å²) in [6.07, 6.45) is 6.82. The molecule has 0 amide bonds. The highest BCUT2D eigenvalue weighted by atomic mass is 15.0. The van der Waals surface area contributed by atoms with Gasteiger partial charge in [-0.25, -0.2) is 0 Å². The van der Waals surface area contributed by atoms with Crippen molar-refractivity contribution < 1.29 is 0 Å². The number of pyridine rings is 1. The number of nitrogens with two attached hydrogens (primary N) is 1. The Balaban J connectivity index is 1.82. The number of benzene rings is 2. The van der Waals surface area contributed by atoms with E-state index in [1.54, 1.807) is 0 Å². The average molecular weight is 327 g/mol. The quantitative estimate of drug-likeness (QED) is 0.595. The van der Waals surface area contributed by atoms with Gasteiger partial charge in [-0.3, -0.25) is 4.98 Å². The molecule has 2 aromatic heterocycles. The first-order valence-corrected chi connectivity index (χ1v) is 8.61. The second kappa shape index (κ2) is 6.91. The van der Waals surface area contributed by atoms with Crippen molar-refractivity contribution >= 4 is 10.9 Å². The van der Waals surface area contributed by atoms with Crippen LogP contribution >= 0.6 is 0 Å². The van der Waals surface area contributed by atoms with Crippen molar-refractivity contribution in [3.05, 3.63) is 90.4 Å². The van der Waals surface area contributed by atoms with Crippen LogP contribution in [0.25, 0.3) is 22.0 Å². The third-order valence-electron chi connectivity index (χ3n) is 4.59. The molecule has 0 saturated heterocycles. The molecule has 4 rings (SSSR count). The van der Waals surface area contributed by atoms with E-state index in [2.05, 4.69) is 64.3 Å². The number of rotatable bonds is 5. The maximum Gasteiger partial charge on any atom is 0.0492 e. The molecule has 0 bridgehead atoms. The Hall–Kier alpha value is -2.91. The van der Waals surface area contributed by atoms with Crippen LogP contribution in [0.2, 0.25) is 0 Å². The van der Waals surface area contributed by atoms with Crippen LogP contribution in [-0.2, 0) is 13.0 Å². The van der Waals surface area contributed by atoms with E-state index in [1.165, 1.54) is 33.2 Å². The Labute approximate surface area is 147 Å². The van der Waals surface area contributed by atoms with Crippen LogP contribution in [-0.4, -0.2) is 16.1 Å². The van der Waals surface area contributed by atoms with Crippen molar-refractivity contribution in [2.75, 3.05) is 6.54 Å². The summed E-state index contributed by atoms with van der Waals surface area (Å²) >= 11 is 0. The summed E-state index contributed by atoms with van der Waals surface area (Å²) in [5, 5.41) is 1.29. The Morgan fingerprint density at radius 3 is 2.44 bits per heavy atom. The molecule has 0 fully saturated rings. The van der Waals surface area contributed by atoms with Crippen molar-refractivity contribution in [2.45, 2.75) is 13.0 Å². The highest BCUT2D eigenvalue weighted by molar-refractivity contribution is 5.88. The first-order valence-electron chi connectivity index (χ1n) is 8.61. The molecule has 2 aromatic carbocycles. The minimum absolute atomic E-state index is 0.663. The first-order chi connectivity index (χ1) is 12.3. The second-order valence-electron chi connectivity index (χ2n) is 6.27. The zero-order valence-electron chi connectivity index (χ0n) is 14.1. The third-order valence-corrected chi connectivity index (χ3v) is 4.59. The van der Waals surface area contributed by atoms with E-state index < -0.39 is 0 Å². The average Bonchev–Trinajstić information content (AvgIpc) is 3.00. The topological polar surface area (TPSA) is 43.8 Å². The van der Waals surface area contributed by atoms with Gasteiger partial charge >= 0.3 is 0 Å². The Kier molecular flexibility index (Phi) is 4.32. The molecular weight excluding hydrogens is 306 g/mol. The molecule has 3 nitrogen and oxygen atoms in total. The van der Waals surface area contributed by atoms with Gasteiger partial charge in [0.2, 0.25) is 0 Å². The summed E-state index contributed by atoms with van der Waals surface area (Å²) in [5.41, 5.74) is 12.1. The Morgan fingerprint density at radius 2 is 1.68 bits per heavy atom. The van der Waals surface area contributed by atoms with Crippen LogP contribution < -0.4 is 5.73 Å². The fourth-order valence-corrected chi connectivity index (χ4v) is 3.36. The molecule has 0 aliphatic rings. The molecule has 0 atom stereocenters. The lowest BCUT2D eigenvalue weighted by molar-refractivity contribution is 0.827. The van der Waals surface area contributed by atoms with Gasteiger partial charge < -0.3 is 10.3 Å². The van der Waals surface area contributed by atoms with Crippen LogP contribution in [0.1, 0.15) is 11.1 Å². The van der Waals surface area contributed by atoms with Gasteiger partial charge in [0.25, 0.3) is 0 Å². The van der Waals surface area contributed by atoms with Gasteiger partial charge in [0, 0.05) is 36.0 Å². The lowest BCUT2D eigenvalue weighted by Gasteiger charge is -2.07. The SMILES string of the molecule is NCCc1cn(Cc2ccccc2)c2cc(-c3ccncc3)ccc12. The molecule has 124 valence electrons. The van der Waals surface area contributed by atoms with Gasteiger partial charge in [-0.1, -0.05) is 42.5 Å². The number of aromatic nitrogens is 2. The zero-order valence-corrected chi connectivity index (χ0v) is 14.1. The number of fused-ring (bicyclic) bond motifs is 1. The standard InChI is InChI=1S/C22H21N3/c23-11-8-20-16-25(15-17-4-2-1-3-5-17)22-14-19(6-7-21(20)22)18-9-12-24-13-10-18/h1-7,9-10,12-14,16H,8,11,15,23H2. The molecule has 0 unspecified atom stereocenters. The van der Waals surface area contributed by atoms with E-state index in [0.29, 0.717) is 6.54 Å². The molecule has 4 aromatic rings. The van der Waals surface area contributed by atoms with Gasteiger partial charge in [0.15, 0.2) is 0 Å². The minimum Gasteiger partial charge on any atom is -0.343 e. The fourth-order valence-electron chi connectivity index (χ4n) is 3.36. The Morgan fingerprint density at radius 1 is 0.880 bits per heavy atom. The normalized spacial score (nSPS) is 11.1. The summed E-state index contributed by atoms with van der Waals surface area (Å²) in [4.78, 5) is 4.12. The van der Waals surface area contributed by atoms with E-state index in [9.17, 15) is 0 Å². The molecule has 0 aliphatic carbocycles. The van der Waals surface area contributed by atoms with Crippen molar-refractivity contribution in [3.8, 4) is 11.1 Å². The van der Waals surface area contributed by atoms with Crippen LogP contribution in [0.5, 0.6) is 0 Å². The van der Waals surface area contributed by atoms with Crippen LogP contribution in [0.3, 0.4) is 0 Å². The summed E-state index contributed by atoms with van der Waals surface area (Å²) in [5.74, 6) is 0. The summed E-state index contributed by atoms with van der Waals surface area (Å²) in [6, 6.07) is 21.3. The second-order valence-corrected chi connectivity index (χ2v) is 6.27. The first kappa shape index (κ1) is 15.6. The maximum absolute atomic E-state index is 5.82. The highest BCUT2D eigenvalue weighted by Crippen LogP contribution is 2.28. The molecule has 0 radical (unpaired) electrons. The monoisotopic (exact) mass is 327 g/mol. The largest absolute Gasteiger partial charge is 0.343 e. The lowest BCUT2D eigenvalue weighted by Crippen LogP contribution is -2.02. The van der Waals surface area contributed by atoms with E-state index in [1.807, 2.05) is 24.5 Å². The van der Waals surface area contributed by atoms with Gasteiger partial charge in [0.1, 0.15) is 0 Å². The van der Waals surface area contributed by atoms with E-state index >= 15 is 0 Å². The van der Waals surface area contributed by atoms with E-state index in [4.69, 9.17) is 5.73 Å². The highest BCUT2D eigenvalue weighted by Gasteiger charge is 2.10. The number of nitrogens with zero attached hydrogens (tertiary/aromatic N) is 2. The van der Waals surface area contributed by atoms with Crippen LogP contribution in [0, 0.1) is 0 Å². The van der Waals surface area contributed by atoms with Crippen molar-refractivity contribution in [1.29, 1.82) is 0 Å². The molecule has 0 aliphatic heterocycles. The molecule has 2 N–H and O–H groups in total. The summed E-state index contributed by atoms with van der Waals surface area (Å²) in [7, 11) is 0. The van der Waals surface area contributed by atoms with Gasteiger partial charge in [0.05, 0.1) is 0 Å². The molecule has 0 saturated carbocycles. The van der Waals surface area contributed by atoms with Gasteiger partial charge in [-0.15, -0.1) is 0 Å². The molecule has 25 heavy (non-hydrogen) atoms. The zero-order chi connectivity index (χ0) is 17.1. The molecular formula is C22H21N3. The number of hydrogen-bond donors (Lipinski definition) is 1. The number of hydrogen-bond acceptors (Lipinski definition) is 2. The predicted molar refractivity (Wildman–Crippen MR) is 103 cm³/mol. The minimum atomic E-state index is 0.663. The lowest BCUT2D eigenvalue weighted by atomic mass is 10.0. The Bertz CT molecular complexity index is 972. The van der Waals surface area contributed by atoms with Crippen LogP contribution in [0.4, 0.5) is 0 Å². The van der Waals surface area contributed by atoms with Gasteiger partial charge in [-0.2, -0.15) is 0 Å². The molecule has 2 heterocycles. The van der Waals surface area contributed by atoms with Crippen molar-refractivity contribution in [3.63, 3.8) is 0 Å². The van der Waals surface area contributed by atoms with Crippen molar-refractivity contribution in [1.82, 2.24) is 9.55 Å². The molecule has 3 heteroatoms. The van der Waals surface area contributed by atoms with E-state index in [-0.39, 0.29) is 0 Å². The third kappa shape index (κ3) is 3.19. The smallest absolute Gasteiger partial charge is 0.0492 e. The molecule has 0 spiro atoms. The van der Waals surface area contributed by atoms with Gasteiger partial charge in [-0.05, 0) is 53.4 Å². The van der Waals surface area contributed by atoms with Crippen molar-refractivity contribution in [2.24, 2.45) is 5.73 Å². The van der Waals surface area contributed by atoms with E-state index in [0.717, 1.165) is 13.0 Å². The summed E-state index contributed by atoms with van der Waals surface area (Å²) in [6.45, 7) is 1.53.